The van der Waals surface area contributed by atoms with Crippen molar-refractivity contribution in [1.82, 2.24) is 5.43 Å². The molecule has 2 amide bonds. The quantitative estimate of drug-likeness (QED) is 0.711. The number of carbonyl (C=O) groups is 2. The second-order valence-corrected chi connectivity index (χ2v) is 3.68. The van der Waals surface area contributed by atoms with Crippen molar-refractivity contribution >= 4 is 23.6 Å². The number of carbonyl (C=O) groups excluding carboxylic acids is 2. The fourth-order valence-corrected chi connectivity index (χ4v) is 1.69. The van der Waals surface area contributed by atoms with Gasteiger partial charge in [-0.25, -0.2) is 10.2 Å². The molecule has 0 heterocycles. The van der Waals surface area contributed by atoms with Crippen LogP contribution in [0.2, 0.25) is 0 Å². The van der Waals surface area contributed by atoms with Crippen molar-refractivity contribution in [2.24, 2.45) is 10.8 Å². The Bertz CT molecular complexity index is 559. The van der Waals surface area contributed by atoms with Gasteiger partial charge in [-0.1, -0.05) is 24.3 Å². The number of primary amides is 1. The molecule has 0 fully saturated rings. The molecule has 0 aromatic heterocycles. The number of hydrogen-bond acceptors (Lipinski definition) is 3. The number of hydrazone groups is 1. The molecule has 86 valence electrons. The molecule has 0 bridgehead atoms. The molecule has 5 heteroatoms. The number of ketones is 1. The third-order valence-corrected chi connectivity index (χ3v) is 2.44. The summed E-state index contributed by atoms with van der Waals surface area (Å²) in [5.41, 5.74) is 9.31. The minimum Gasteiger partial charge on any atom is -0.350 e. The van der Waals surface area contributed by atoms with Crippen molar-refractivity contribution in [2.45, 2.75) is 6.92 Å². The van der Waals surface area contributed by atoms with E-state index in [1.165, 1.54) is 0 Å². The average Bonchev–Trinajstić information content (AvgIpc) is 2.28. The predicted molar refractivity (Wildman–Crippen MR) is 64.6 cm³/mol. The number of urea groups is 1. The molecule has 17 heavy (non-hydrogen) atoms. The van der Waals surface area contributed by atoms with Crippen LogP contribution >= 0.6 is 0 Å². The summed E-state index contributed by atoms with van der Waals surface area (Å²) >= 11 is 0. The van der Waals surface area contributed by atoms with E-state index >= 15 is 0 Å². The van der Waals surface area contributed by atoms with Gasteiger partial charge in [0.15, 0.2) is 0 Å². The molecule has 1 aliphatic rings. The lowest BCUT2D eigenvalue weighted by atomic mass is 9.90. The highest BCUT2D eigenvalue weighted by molar-refractivity contribution is 6.53. The summed E-state index contributed by atoms with van der Waals surface area (Å²) in [4.78, 5) is 22.7. The zero-order valence-corrected chi connectivity index (χ0v) is 9.23. The van der Waals surface area contributed by atoms with Crippen LogP contribution in [0.15, 0.2) is 34.9 Å². The Balaban J connectivity index is 2.45. The van der Waals surface area contributed by atoms with Crippen LogP contribution in [-0.2, 0) is 0 Å². The zero-order valence-electron chi connectivity index (χ0n) is 9.23. The molecule has 1 aromatic carbocycles. The molecule has 0 saturated carbocycles. The number of hydrogen-bond donors (Lipinski definition) is 2. The molecule has 0 spiro atoms. The van der Waals surface area contributed by atoms with Gasteiger partial charge in [-0.3, -0.25) is 4.79 Å². The number of nitrogens with two attached hydrogens (primary N) is 1. The van der Waals surface area contributed by atoms with Crippen molar-refractivity contribution in [2.75, 3.05) is 0 Å². The standard InChI is InChI=1S/C12H11N3O2/c1-7-6-8-4-2-3-5-9(8)11(16)10(7)14-15-12(13)17/h2-6H,1H3,(H3,13,15,17)/b14-10+. The van der Waals surface area contributed by atoms with Crippen molar-refractivity contribution < 1.29 is 9.59 Å². The van der Waals surface area contributed by atoms with Crippen LogP contribution in [0.1, 0.15) is 22.8 Å². The lowest BCUT2D eigenvalue weighted by molar-refractivity contribution is 0.106. The van der Waals surface area contributed by atoms with Gasteiger partial charge < -0.3 is 5.73 Å². The molecule has 3 N–H and O–H groups in total. The fourth-order valence-electron chi connectivity index (χ4n) is 1.69. The molecule has 0 unspecified atom stereocenters. The van der Waals surface area contributed by atoms with Gasteiger partial charge >= 0.3 is 6.03 Å². The van der Waals surface area contributed by atoms with Crippen molar-refractivity contribution in [3.05, 3.63) is 41.0 Å². The molecule has 1 aliphatic carbocycles. The number of allylic oxidation sites excluding steroid dienone is 1. The number of Topliss-reactive ketones (excluding diaryl/α,β-unsaturated/α-hetero) is 1. The zero-order chi connectivity index (χ0) is 12.4. The minimum absolute atomic E-state index is 0.211. The van der Waals surface area contributed by atoms with Crippen LogP contribution in [0.5, 0.6) is 0 Å². The normalized spacial score (nSPS) is 16.4. The highest BCUT2D eigenvalue weighted by Gasteiger charge is 2.23. The predicted octanol–water partition coefficient (Wildman–Crippen LogP) is 1.31. The molecule has 5 nitrogen and oxygen atoms in total. The number of rotatable bonds is 1. The maximum atomic E-state index is 12.1. The van der Waals surface area contributed by atoms with Gasteiger partial charge in [-0.05, 0) is 24.1 Å². The van der Waals surface area contributed by atoms with Gasteiger partial charge in [-0.2, -0.15) is 5.10 Å². The van der Waals surface area contributed by atoms with Crippen LogP contribution in [0, 0.1) is 0 Å². The first-order chi connectivity index (χ1) is 8.09. The smallest absolute Gasteiger partial charge is 0.332 e. The van der Waals surface area contributed by atoms with Gasteiger partial charge in [0.05, 0.1) is 0 Å². The monoisotopic (exact) mass is 229 g/mol. The Hall–Kier alpha value is -2.43. The molecule has 2 rings (SSSR count). The summed E-state index contributed by atoms with van der Waals surface area (Å²) in [6, 6.07) is 6.43. The Morgan fingerprint density at radius 1 is 1.35 bits per heavy atom. The SMILES string of the molecule is CC1=Cc2ccccc2C(=O)/C1=N/NC(N)=O. The number of amides is 2. The summed E-state index contributed by atoms with van der Waals surface area (Å²) in [7, 11) is 0. The molecule has 0 radical (unpaired) electrons. The lowest BCUT2D eigenvalue weighted by Crippen LogP contribution is -2.29. The van der Waals surface area contributed by atoms with Gasteiger partial charge in [0.1, 0.15) is 5.71 Å². The first kappa shape index (κ1) is 11.1. The maximum absolute atomic E-state index is 12.1. The summed E-state index contributed by atoms with van der Waals surface area (Å²) in [5, 5.41) is 3.72. The van der Waals surface area contributed by atoms with E-state index in [0.717, 1.165) is 5.56 Å². The molecular formula is C12H11N3O2. The van der Waals surface area contributed by atoms with Crippen LogP contribution in [0.4, 0.5) is 4.79 Å². The van der Waals surface area contributed by atoms with Crippen molar-refractivity contribution in [3.63, 3.8) is 0 Å². The second-order valence-electron chi connectivity index (χ2n) is 3.68. The fraction of sp³-hybridized carbons (Fsp3) is 0.0833. The number of nitrogens with one attached hydrogen (secondary N) is 1. The van der Waals surface area contributed by atoms with E-state index in [9.17, 15) is 9.59 Å². The molecule has 0 aliphatic heterocycles. The highest BCUT2D eigenvalue weighted by atomic mass is 16.2. The number of benzene rings is 1. The van der Waals surface area contributed by atoms with Gasteiger partial charge in [0, 0.05) is 5.56 Å². The van der Waals surface area contributed by atoms with Crippen LogP contribution < -0.4 is 11.2 Å². The Morgan fingerprint density at radius 3 is 2.76 bits per heavy atom. The van der Waals surface area contributed by atoms with Crippen molar-refractivity contribution in [3.8, 4) is 0 Å². The van der Waals surface area contributed by atoms with Crippen LogP contribution in [0.3, 0.4) is 0 Å². The van der Waals surface area contributed by atoms with E-state index in [1.807, 2.05) is 18.2 Å². The van der Waals surface area contributed by atoms with Crippen LogP contribution in [-0.4, -0.2) is 17.5 Å². The van der Waals surface area contributed by atoms with Crippen LogP contribution in [0.25, 0.3) is 6.08 Å². The van der Waals surface area contributed by atoms with E-state index in [1.54, 1.807) is 19.1 Å². The van der Waals surface area contributed by atoms with E-state index in [2.05, 4.69) is 10.5 Å². The van der Waals surface area contributed by atoms with E-state index in [4.69, 9.17) is 5.73 Å². The third kappa shape index (κ3) is 2.08. The Kier molecular flexibility index (Phi) is 2.74. The van der Waals surface area contributed by atoms with Gasteiger partial charge in [-0.15, -0.1) is 0 Å². The summed E-state index contributed by atoms with van der Waals surface area (Å²) in [6.45, 7) is 1.76. The third-order valence-electron chi connectivity index (χ3n) is 2.44. The number of fused-ring (bicyclic) bond motifs is 1. The summed E-state index contributed by atoms with van der Waals surface area (Å²) in [5.74, 6) is -0.214. The minimum atomic E-state index is -0.794. The maximum Gasteiger partial charge on any atom is 0.332 e. The lowest BCUT2D eigenvalue weighted by Gasteiger charge is -2.14. The van der Waals surface area contributed by atoms with Gasteiger partial charge in [0.2, 0.25) is 5.78 Å². The highest BCUT2D eigenvalue weighted by Crippen LogP contribution is 2.21. The Labute approximate surface area is 98.0 Å². The topological polar surface area (TPSA) is 84.6 Å². The molecule has 0 atom stereocenters. The van der Waals surface area contributed by atoms with E-state index < -0.39 is 6.03 Å². The summed E-state index contributed by atoms with van der Waals surface area (Å²) in [6.07, 6.45) is 1.85. The van der Waals surface area contributed by atoms with Crippen molar-refractivity contribution in [1.29, 1.82) is 0 Å². The molecule has 1 aromatic rings. The average molecular weight is 229 g/mol. The molecule has 0 saturated heterocycles. The largest absolute Gasteiger partial charge is 0.350 e. The summed E-state index contributed by atoms with van der Waals surface area (Å²) < 4.78 is 0. The van der Waals surface area contributed by atoms with E-state index in [-0.39, 0.29) is 11.5 Å². The first-order valence-corrected chi connectivity index (χ1v) is 5.05. The second kappa shape index (κ2) is 4.21. The Morgan fingerprint density at radius 2 is 2.06 bits per heavy atom. The molecular weight excluding hydrogens is 218 g/mol. The first-order valence-electron chi connectivity index (χ1n) is 5.05. The number of nitrogens with zero attached hydrogens (tertiary/aromatic N) is 1. The van der Waals surface area contributed by atoms with E-state index in [0.29, 0.717) is 11.1 Å². The van der Waals surface area contributed by atoms with Gasteiger partial charge in [0.25, 0.3) is 0 Å².